The van der Waals surface area contributed by atoms with Crippen LogP contribution in [0.15, 0.2) is 11.4 Å². The zero-order chi connectivity index (χ0) is 14.6. The Morgan fingerprint density at radius 3 is 2.75 bits per heavy atom. The molecular weight excluding hydrogens is 287 g/mol. The smallest absolute Gasteiger partial charge is 0.369 e. The zero-order valence-corrected chi connectivity index (χ0v) is 11.9. The number of nitrogens with zero attached hydrogens (tertiary/aromatic N) is 2. The molecule has 2 rings (SSSR count). The number of hydrogen-bond acceptors (Lipinski definition) is 4. The van der Waals surface area contributed by atoms with E-state index in [9.17, 15) is 13.2 Å². The third-order valence-corrected chi connectivity index (χ3v) is 3.67. The van der Waals surface area contributed by atoms with E-state index in [1.54, 1.807) is 0 Å². The van der Waals surface area contributed by atoms with E-state index < -0.39 is 12.6 Å². The van der Waals surface area contributed by atoms with Crippen LogP contribution < -0.4 is 5.32 Å². The maximum atomic E-state index is 12.0. The maximum Gasteiger partial charge on any atom is 0.389 e. The van der Waals surface area contributed by atoms with E-state index in [4.69, 9.17) is 0 Å². The van der Waals surface area contributed by atoms with E-state index >= 15 is 0 Å². The standard InChI is InChI=1S/C13H16F3N3S/c1-2-10-18-11(9-5-8-20-12(9)19-10)17-7-4-3-6-13(14,15)16/h5,8H,2-4,6-7H2,1H3,(H,17,18,19). The third-order valence-electron chi connectivity index (χ3n) is 2.87. The van der Waals surface area contributed by atoms with E-state index in [0.717, 1.165) is 28.3 Å². The number of hydrogen-bond donors (Lipinski definition) is 1. The first kappa shape index (κ1) is 15.0. The highest BCUT2D eigenvalue weighted by molar-refractivity contribution is 7.16. The van der Waals surface area contributed by atoms with Gasteiger partial charge in [-0.2, -0.15) is 13.2 Å². The normalized spacial score (nSPS) is 12.0. The van der Waals surface area contributed by atoms with Gasteiger partial charge in [0.2, 0.25) is 0 Å². The van der Waals surface area contributed by atoms with Crippen molar-refractivity contribution < 1.29 is 13.2 Å². The molecule has 0 saturated carbocycles. The van der Waals surface area contributed by atoms with Crippen molar-refractivity contribution in [3.63, 3.8) is 0 Å². The van der Waals surface area contributed by atoms with Gasteiger partial charge in [-0.15, -0.1) is 11.3 Å². The van der Waals surface area contributed by atoms with Gasteiger partial charge in [0.05, 0.1) is 5.39 Å². The molecule has 20 heavy (non-hydrogen) atoms. The number of rotatable bonds is 6. The summed E-state index contributed by atoms with van der Waals surface area (Å²) in [5.74, 6) is 1.47. The lowest BCUT2D eigenvalue weighted by Gasteiger charge is -2.09. The molecule has 1 N–H and O–H groups in total. The van der Waals surface area contributed by atoms with Crippen molar-refractivity contribution in [2.75, 3.05) is 11.9 Å². The third kappa shape index (κ3) is 4.06. The predicted molar refractivity (Wildman–Crippen MR) is 75.2 cm³/mol. The van der Waals surface area contributed by atoms with E-state index in [-0.39, 0.29) is 6.42 Å². The summed E-state index contributed by atoms with van der Waals surface area (Å²) in [6, 6.07) is 1.93. The van der Waals surface area contributed by atoms with Gasteiger partial charge in [-0.3, -0.25) is 0 Å². The molecule has 7 heteroatoms. The Labute approximate surface area is 119 Å². The minimum absolute atomic E-state index is 0.134. The molecule has 0 spiro atoms. The minimum Gasteiger partial charge on any atom is -0.369 e. The maximum absolute atomic E-state index is 12.0. The summed E-state index contributed by atoms with van der Waals surface area (Å²) in [6.45, 7) is 2.46. The number of nitrogens with one attached hydrogen (secondary N) is 1. The lowest BCUT2D eigenvalue weighted by molar-refractivity contribution is -0.135. The molecule has 0 aliphatic rings. The van der Waals surface area contributed by atoms with Gasteiger partial charge in [0.25, 0.3) is 0 Å². The van der Waals surface area contributed by atoms with Gasteiger partial charge < -0.3 is 5.32 Å². The molecule has 0 fully saturated rings. The summed E-state index contributed by atoms with van der Waals surface area (Å²) in [6.07, 6.45) is -3.46. The molecule has 0 atom stereocenters. The van der Waals surface area contributed by atoms with Crippen molar-refractivity contribution in [3.05, 3.63) is 17.3 Å². The molecule has 110 valence electrons. The lowest BCUT2D eigenvalue weighted by Crippen LogP contribution is -2.10. The summed E-state index contributed by atoms with van der Waals surface area (Å²) in [4.78, 5) is 9.72. The summed E-state index contributed by atoms with van der Waals surface area (Å²) >= 11 is 1.54. The fraction of sp³-hybridized carbons (Fsp3) is 0.538. The van der Waals surface area contributed by atoms with Crippen LogP contribution in [0, 0.1) is 0 Å². The second-order valence-electron chi connectivity index (χ2n) is 4.48. The fourth-order valence-corrected chi connectivity index (χ4v) is 2.63. The van der Waals surface area contributed by atoms with Gasteiger partial charge in [-0.1, -0.05) is 6.92 Å². The first-order valence-electron chi connectivity index (χ1n) is 6.54. The van der Waals surface area contributed by atoms with Gasteiger partial charge in [0.15, 0.2) is 0 Å². The van der Waals surface area contributed by atoms with Crippen LogP contribution in [0.5, 0.6) is 0 Å². The Morgan fingerprint density at radius 2 is 2.05 bits per heavy atom. The number of fused-ring (bicyclic) bond motifs is 1. The first-order chi connectivity index (χ1) is 9.49. The van der Waals surface area contributed by atoms with Crippen LogP contribution in [-0.2, 0) is 6.42 Å². The second kappa shape index (κ2) is 6.39. The second-order valence-corrected chi connectivity index (χ2v) is 5.38. The number of aromatic nitrogens is 2. The van der Waals surface area contributed by atoms with E-state index in [1.165, 1.54) is 11.3 Å². The van der Waals surface area contributed by atoms with Crippen molar-refractivity contribution in [1.29, 1.82) is 0 Å². The molecule has 0 aromatic carbocycles. The largest absolute Gasteiger partial charge is 0.389 e. The number of halogens is 3. The summed E-state index contributed by atoms with van der Waals surface area (Å²) in [5.41, 5.74) is 0. The Balaban J connectivity index is 1.94. The van der Waals surface area contributed by atoms with Crippen molar-refractivity contribution in [1.82, 2.24) is 9.97 Å². The molecular formula is C13H16F3N3S. The van der Waals surface area contributed by atoms with Crippen LogP contribution in [0.3, 0.4) is 0 Å². The van der Waals surface area contributed by atoms with Crippen molar-refractivity contribution in [2.45, 2.75) is 38.8 Å². The topological polar surface area (TPSA) is 37.8 Å². The highest BCUT2D eigenvalue weighted by atomic mass is 32.1. The van der Waals surface area contributed by atoms with E-state index in [2.05, 4.69) is 15.3 Å². The van der Waals surface area contributed by atoms with Crippen molar-refractivity contribution >= 4 is 27.4 Å². The average Bonchev–Trinajstić information content (AvgIpc) is 2.84. The molecule has 0 aliphatic carbocycles. The van der Waals surface area contributed by atoms with E-state index in [1.807, 2.05) is 18.4 Å². The Hall–Kier alpha value is -1.37. The van der Waals surface area contributed by atoms with Crippen molar-refractivity contribution in [2.24, 2.45) is 0 Å². The molecule has 0 bridgehead atoms. The van der Waals surface area contributed by atoms with Gasteiger partial charge in [0, 0.05) is 19.4 Å². The number of alkyl halides is 3. The number of unbranched alkanes of at least 4 members (excludes halogenated alkanes) is 1. The van der Waals surface area contributed by atoms with Crippen LogP contribution in [0.1, 0.15) is 32.0 Å². The average molecular weight is 303 g/mol. The SMILES string of the molecule is CCc1nc(NCCCCC(F)(F)F)c2ccsc2n1. The molecule has 0 unspecified atom stereocenters. The Bertz CT molecular complexity index is 565. The quantitative estimate of drug-likeness (QED) is 0.804. The number of thiophene rings is 1. The molecule has 2 heterocycles. The zero-order valence-electron chi connectivity index (χ0n) is 11.1. The van der Waals surface area contributed by atoms with E-state index in [0.29, 0.717) is 13.0 Å². The molecule has 0 aliphatic heterocycles. The molecule has 0 amide bonds. The first-order valence-corrected chi connectivity index (χ1v) is 7.42. The summed E-state index contributed by atoms with van der Waals surface area (Å²) in [5, 5.41) is 5.99. The highest BCUT2D eigenvalue weighted by Crippen LogP contribution is 2.26. The van der Waals surface area contributed by atoms with Crippen LogP contribution in [-0.4, -0.2) is 22.7 Å². The lowest BCUT2D eigenvalue weighted by atomic mass is 10.2. The highest BCUT2D eigenvalue weighted by Gasteiger charge is 2.25. The predicted octanol–water partition coefficient (Wildman–Crippen LogP) is 4.40. The minimum atomic E-state index is -4.06. The van der Waals surface area contributed by atoms with Crippen LogP contribution in [0.4, 0.5) is 19.0 Å². The summed E-state index contributed by atoms with van der Waals surface area (Å²) in [7, 11) is 0. The van der Waals surface area contributed by atoms with Gasteiger partial charge >= 0.3 is 6.18 Å². The van der Waals surface area contributed by atoms with Gasteiger partial charge in [0.1, 0.15) is 16.5 Å². The summed E-state index contributed by atoms with van der Waals surface area (Å²) < 4.78 is 36.1. The van der Waals surface area contributed by atoms with Gasteiger partial charge in [-0.05, 0) is 24.3 Å². The molecule has 0 saturated heterocycles. The van der Waals surface area contributed by atoms with Crippen LogP contribution in [0.2, 0.25) is 0 Å². The molecule has 0 radical (unpaired) electrons. The molecule has 2 aromatic heterocycles. The molecule has 2 aromatic rings. The number of aryl methyl sites for hydroxylation is 1. The Morgan fingerprint density at radius 1 is 1.25 bits per heavy atom. The fourth-order valence-electron chi connectivity index (χ4n) is 1.85. The molecule has 3 nitrogen and oxygen atoms in total. The Kier molecular flexibility index (Phi) is 4.80. The van der Waals surface area contributed by atoms with Crippen molar-refractivity contribution in [3.8, 4) is 0 Å². The van der Waals surface area contributed by atoms with Crippen LogP contribution >= 0.6 is 11.3 Å². The number of anilines is 1. The monoisotopic (exact) mass is 303 g/mol. The van der Waals surface area contributed by atoms with Gasteiger partial charge in [-0.25, -0.2) is 9.97 Å². The van der Waals surface area contributed by atoms with Crippen LogP contribution in [0.25, 0.3) is 10.2 Å².